The molecule has 4 heteroatoms. The van der Waals surface area contributed by atoms with Crippen molar-refractivity contribution in [3.05, 3.63) is 23.3 Å². The molecular weight excluding hydrogens is 260 g/mol. The number of hydrogen-bond acceptors (Lipinski definition) is 3. The van der Waals surface area contributed by atoms with Crippen LogP contribution in [0.4, 0.5) is 0 Å². The second kappa shape index (κ2) is 5.08. The number of ketones is 1. The van der Waals surface area contributed by atoms with Gasteiger partial charge in [0.15, 0.2) is 16.7 Å². The highest BCUT2D eigenvalue weighted by atomic mass is 32.2. The summed E-state index contributed by atoms with van der Waals surface area (Å²) in [5, 5.41) is 0.217. The Bertz CT molecular complexity index is 506. The van der Waals surface area contributed by atoms with Crippen LogP contribution in [0.3, 0.4) is 0 Å². The lowest BCUT2D eigenvalue weighted by Gasteiger charge is -2.08. The molecule has 0 amide bonds. The zero-order valence-electron chi connectivity index (χ0n) is 11.4. The van der Waals surface area contributed by atoms with Crippen molar-refractivity contribution >= 4 is 16.7 Å². The van der Waals surface area contributed by atoms with E-state index in [0.717, 1.165) is 23.3 Å². The Kier molecular flexibility index (Phi) is 3.44. The molecule has 19 heavy (non-hydrogen) atoms. The molecule has 3 nitrogen and oxygen atoms in total. The van der Waals surface area contributed by atoms with Gasteiger partial charge in [0.2, 0.25) is 5.78 Å². The predicted molar refractivity (Wildman–Crippen MR) is 77.7 cm³/mol. The largest absolute Gasteiger partial charge is 0.493 e. The van der Waals surface area contributed by atoms with Crippen molar-refractivity contribution in [1.29, 1.82) is 0 Å². The Morgan fingerprint density at radius 1 is 1.11 bits per heavy atom. The summed E-state index contributed by atoms with van der Waals surface area (Å²) in [4.78, 5) is 12.6. The molecule has 0 N–H and O–H groups in total. The minimum absolute atomic E-state index is 0.217. The smallest absolute Gasteiger partial charge is 0.215 e. The number of hydrogen-bond donors (Lipinski definition) is 0. The standard InChI is InChI=1S/C15H19O3S/c1-17-12-7-10-8-14(19-5-3-4-6-19)15(16)11(10)9-13(12)18-2/h7,9,14H,3-6,8H2,1-2H3/q+1. The molecule has 1 fully saturated rings. The predicted octanol–water partition coefficient (Wildman–Crippen LogP) is 2.22. The summed E-state index contributed by atoms with van der Waals surface area (Å²) < 4.78 is 10.6. The molecule has 1 atom stereocenters. The third kappa shape index (κ3) is 2.12. The van der Waals surface area contributed by atoms with E-state index in [9.17, 15) is 4.79 Å². The number of carbonyl (C=O) groups excluding carboxylic acids is 1. The van der Waals surface area contributed by atoms with Crippen LogP contribution in [0.25, 0.3) is 0 Å². The van der Waals surface area contributed by atoms with Crippen LogP contribution in [0.15, 0.2) is 12.1 Å². The third-order valence-corrected chi connectivity index (χ3v) is 6.85. The highest BCUT2D eigenvalue weighted by Crippen LogP contribution is 2.38. The van der Waals surface area contributed by atoms with E-state index in [2.05, 4.69) is 0 Å². The van der Waals surface area contributed by atoms with Crippen molar-refractivity contribution < 1.29 is 14.3 Å². The molecule has 1 unspecified atom stereocenters. The fourth-order valence-electron chi connectivity index (χ4n) is 3.02. The first kappa shape index (κ1) is 12.9. The lowest BCUT2D eigenvalue weighted by Crippen LogP contribution is -2.28. The number of Topliss-reactive ketones (excluding diaryl/α,β-unsaturated/α-hetero) is 1. The van der Waals surface area contributed by atoms with Crippen molar-refractivity contribution in [2.75, 3.05) is 25.7 Å². The molecule has 1 saturated heterocycles. The van der Waals surface area contributed by atoms with E-state index in [1.807, 2.05) is 12.1 Å². The summed E-state index contributed by atoms with van der Waals surface area (Å²) in [6.45, 7) is 0. The van der Waals surface area contributed by atoms with E-state index >= 15 is 0 Å². The van der Waals surface area contributed by atoms with Gasteiger partial charge in [0.05, 0.1) is 14.2 Å². The summed E-state index contributed by atoms with van der Waals surface area (Å²) >= 11 is 0. The monoisotopic (exact) mass is 279 g/mol. The Morgan fingerprint density at radius 3 is 2.37 bits per heavy atom. The third-order valence-electron chi connectivity index (χ3n) is 4.04. The number of benzene rings is 1. The molecular formula is C15H19O3S+. The van der Waals surface area contributed by atoms with Gasteiger partial charge in [-0.25, -0.2) is 0 Å². The van der Waals surface area contributed by atoms with E-state index in [1.54, 1.807) is 14.2 Å². The van der Waals surface area contributed by atoms with Gasteiger partial charge in [-0.1, -0.05) is 0 Å². The molecule has 0 bridgehead atoms. The number of ether oxygens (including phenoxy) is 2. The van der Waals surface area contributed by atoms with Gasteiger partial charge in [-0.05, 0) is 41.4 Å². The van der Waals surface area contributed by atoms with E-state index < -0.39 is 0 Å². The van der Waals surface area contributed by atoms with Gasteiger partial charge in [-0.2, -0.15) is 0 Å². The SMILES string of the molecule is COc1cc2c(cc1OC)C(=O)C([S+]1CCCC1)C2. The fourth-order valence-corrected chi connectivity index (χ4v) is 5.78. The first-order valence-electron chi connectivity index (χ1n) is 6.70. The van der Waals surface area contributed by atoms with Gasteiger partial charge < -0.3 is 9.47 Å². The van der Waals surface area contributed by atoms with Gasteiger partial charge in [0, 0.05) is 12.0 Å². The van der Waals surface area contributed by atoms with Gasteiger partial charge >= 0.3 is 0 Å². The number of fused-ring (bicyclic) bond motifs is 1. The van der Waals surface area contributed by atoms with Crippen LogP contribution < -0.4 is 9.47 Å². The van der Waals surface area contributed by atoms with Crippen LogP contribution in [0.5, 0.6) is 11.5 Å². The maximum absolute atomic E-state index is 12.6. The van der Waals surface area contributed by atoms with Crippen LogP contribution in [0.2, 0.25) is 0 Å². The quantitative estimate of drug-likeness (QED) is 0.796. The van der Waals surface area contributed by atoms with Crippen LogP contribution in [0.1, 0.15) is 28.8 Å². The normalized spacial score (nSPS) is 22.6. The van der Waals surface area contributed by atoms with Crippen molar-refractivity contribution in [2.24, 2.45) is 0 Å². The second-order valence-electron chi connectivity index (χ2n) is 5.07. The highest BCUT2D eigenvalue weighted by Gasteiger charge is 2.44. The van der Waals surface area contributed by atoms with Crippen molar-refractivity contribution in [3.63, 3.8) is 0 Å². The molecule has 0 aromatic heterocycles. The van der Waals surface area contributed by atoms with E-state index in [-0.39, 0.29) is 5.25 Å². The Hall–Kier alpha value is -1.16. The molecule has 1 aliphatic carbocycles. The van der Waals surface area contributed by atoms with Gasteiger partial charge in [-0.15, -0.1) is 0 Å². The van der Waals surface area contributed by atoms with Crippen LogP contribution in [-0.4, -0.2) is 36.8 Å². The summed E-state index contributed by atoms with van der Waals surface area (Å²) in [6, 6.07) is 3.83. The average molecular weight is 279 g/mol. The van der Waals surface area contributed by atoms with E-state index in [0.29, 0.717) is 22.4 Å². The Morgan fingerprint density at radius 2 is 1.74 bits per heavy atom. The van der Waals surface area contributed by atoms with Crippen molar-refractivity contribution in [3.8, 4) is 11.5 Å². The minimum atomic E-state index is 0.217. The number of rotatable bonds is 3. The summed E-state index contributed by atoms with van der Waals surface area (Å²) in [6.07, 6.45) is 3.46. The maximum atomic E-state index is 12.6. The zero-order chi connectivity index (χ0) is 13.4. The number of carbonyl (C=O) groups is 1. The van der Waals surface area contributed by atoms with Gasteiger partial charge in [0.25, 0.3) is 0 Å². The average Bonchev–Trinajstić information content (AvgIpc) is 3.05. The Balaban J connectivity index is 1.93. The molecule has 0 saturated carbocycles. The fraction of sp³-hybridized carbons (Fsp3) is 0.533. The first-order valence-corrected chi connectivity index (χ1v) is 8.32. The minimum Gasteiger partial charge on any atom is -0.493 e. The molecule has 0 spiro atoms. The van der Waals surface area contributed by atoms with E-state index in [4.69, 9.17) is 9.47 Å². The first-order chi connectivity index (χ1) is 9.24. The lowest BCUT2D eigenvalue weighted by atomic mass is 10.1. The highest BCUT2D eigenvalue weighted by molar-refractivity contribution is 7.98. The molecule has 0 radical (unpaired) electrons. The van der Waals surface area contributed by atoms with Crippen LogP contribution >= 0.6 is 0 Å². The van der Waals surface area contributed by atoms with Crippen LogP contribution in [0, 0.1) is 0 Å². The second-order valence-corrected chi connectivity index (χ2v) is 7.53. The van der Waals surface area contributed by atoms with Gasteiger partial charge in [-0.3, -0.25) is 4.79 Å². The zero-order valence-corrected chi connectivity index (χ0v) is 12.2. The van der Waals surface area contributed by atoms with Crippen molar-refractivity contribution in [2.45, 2.75) is 24.5 Å². The molecule has 102 valence electrons. The molecule has 3 rings (SSSR count). The topological polar surface area (TPSA) is 35.5 Å². The molecule has 1 aromatic carbocycles. The maximum Gasteiger partial charge on any atom is 0.215 e. The molecule has 1 heterocycles. The van der Waals surface area contributed by atoms with Gasteiger partial charge in [0.1, 0.15) is 11.5 Å². The molecule has 2 aliphatic rings. The van der Waals surface area contributed by atoms with E-state index in [1.165, 1.54) is 24.3 Å². The summed E-state index contributed by atoms with van der Waals surface area (Å²) in [5.41, 5.74) is 1.98. The lowest BCUT2D eigenvalue weighted by molar-refractivity contribution is 0.0999. The van der Waals surface area contributed by atoms with Crippen LogP contribution in [-0.2, 0) is 17.3 Å². The summed E-state index contributed by atoms with van der Waals surface area (Å²) in [5.74, 6) is 4.17. The van der Waals surface area contributed by atoms with Crippen molar-refractivity contribution in [1.82, 2.24) is 0 Å². The molecule has 1 aromatic rings. The summed E-state index contributed by atoms with van der Waals surface area (Å²) in [7, 11) is 3.54. The molecule has 1 aliphatic heterocycles. The number of methoxy groups -OCH3 is 2. The Labute approximate surface area is 116 Å².